The fraction of sp³-hybridized carbons (Fsp3) is 0.400. The topological polar surface area (TPSA) is 49.9 Å². The molecule has 1 aliphatic rings. The van der Waals surface area contributed by atoms with Gasteiger partial charge in [0.25, 0.3) is 0 Å². The lowest BCUT2D eigenvalue weighted by Gasteiger charge is -2.17. The number of benzene rings is 1. The average Bonchev–Trinajstić information content (AvgIpc) is 2.85. The number of rotatable bonds is 4. The third kappa shape index (κ3) is 2.60. The molecule has 2 N–H and O–H groups in total. The summed E-state index contributed by atoms with van der Waals surface area (Å²) in [4.78, 5) is 0. The average molecular weight is 336 g/mol. The number of likely N-dealkylation sites (N-methyl/N-ethyl adjacent to an activating group) is 1. The first-order valence-electron chi connectivity index (χ1n) is 6.93. The van der Waals surface area contributed by atoms with Crippen LogP contribution < -0.4 is 10.1 Å². The zero-order chi connectivity index (χ0) is 13.9. The molecule has 3 rings (SSSR count). The molecule has 0 fully saturated rings. The summed E-state index contributed by atoms with van der Waals surface area (Å²) in [6.07, 6.45) is 3.10. The molecule has 0 radical (unpaired) electrons. The summed E-state index contributed by atoms with van der Waals surface area (Å²) in [5, 5.41) is 10.7. The van der Waals surface area contributed by atoms with E-state index in [1.807, 2.05) is 7.05 Å². The zero-order valence-corrected chi connectivity index (χ0v) is 13.1. The smallest absolute Gasteiger partial charge is 0.122 e. The van der Waals surface area contributed by atoms with Crippen molar-refractivity contribution in [2.24, 2.45) is 0 Å². The maximum absolute atomic E-state index is 5.65. The first kappa shape index (κ1) is 13.6. The predicted octanol–water partition coefficient (Wildman–Crippen LogP) is 2.93. The minimum Gasteiger partial charge on any atom is -0.493 e. The van der Waals surface area contributed by atoms with E-state index in [1.54, 1.807) is 0 Å². The van der Waals surface area contributed by atoms with Crippen LogP contribution in [0, 0.1) is 0 Å². The van der Waals surface area contributed by atoms with E-state index >= 15 is 0 Å². The van der Waals surface area contributed by atoms with Gasteiger partial charge in [0.1, 0.15) is 11.4 Å². The van der Waals surface area contributed by atoms with Gasteiger partial charge < -0.3 is 10.1 Å². The van der Waals surface area contributed by atoms with Crippen LogP contribution in [0.2, 0.25) is 0 Å². The summed E-state index contributed by atoms with van der Waals surface area (Å²) >= 11 is 3.66. The van der Waals surface area contributed by atoms with Crippen LogP contribution in [0.4, 0.5) is 0 Å². The number of nitrogens with zero attached hydrogens (tertiary/aromatic N) is 1. The van der Waals surface area contributed by atoms with E-state index in [0.29, 0.717) is 0 Å². The van der Waals surface area contributed by atoms with Gasteiger partial charge in [0, 0.05) is 18.5 Å². The van der Waals surface area contributed by atoms with E-state index in [-0.39, 0.29) is 0 Å². The molecule has 0 aliphatic carbocycles. The van der Waals surface area contributed by atoms with Crippen molar-refractivity contribution in [1.29, 1.82) is 0 Å². The summed E-state index contributed by atoms with van der Waals surface area (Å²) in [5.74, 6) is 1.02. The van der Waals surface area contributed by atoms with E-state index in [2.05, 4.69) is 49.6 Å². The molecule has 4 nitrogen and oxygen atoms in total. The van der Waals surface area contributed by atoms with Crippen LogP contribution in [0.25, 0.3) is 11.3 Å². The molecular weight excluding hydrogens is 318 g/mol. The first-order chi connectivity index (χ1) is 9.79. The molecule has 2 heterocycles. The second-order valence-corrected chi connectivity index (χ2v) is 5.79. The van der Waals surface area contributed by atoms with Crippen molar-refractivity contribution in [2.75, 3.05) is 20.2 Å². The lowest BCUT2D eigenvalue weighted by atomic mass is 10.0. The molecule has 1 aliphatic heterocycles. The number of hydrogen-bond donors (Lipinski definition) is 2. The van der Waals surface area contributed by atoms with Crippen LogP contribution in [0.15, 0.2) is 22.7 Å². The molecule has 1 aromatic carbocycles. The predicted molar refractivity (Wildman–Crippen MR) is 83.2 cm³/mol. The van der Waals surface area contributed by atoms with Gasteiger partial charge in [-0.2, -0.15) is 5.10 Å². The van der Waals surface area contributed by atoms with E-state index in [4.69, 9.17) is 4.74 Å². The van der Waals surface area contributed by atoms with Crippen molar-refractivity contribution in [3.63, 3.8) is 0 Å². The Balaban J connectivity index is 1.91. The highest BCUT2D eigenvalue weighted by Gasteiger charge is 2.16. The molecule has 0 bridgehead atoms. The number of nitrogens with one attached hydrogen (secondary N) is 2. The molecule has 5 heteroatoms. The highest BCUT2D eigenvalue weighted by atomic mass is 79.9. The number of halogens is 1. The lowest BCUT2D eigenvalue weighted by Crippen LogP contribution is -2.10. The fourth-order valence-electron chi connectivity index (χ4n) is 2.48. The van der Waals surface area contributed by atoms with Crippen LogP contribution in [-0.4, -0.2) is 30.4 Å². The minimum absolute atomic E-state index is 0.826. The van der Waals surface area contributed by atoms with Crippen LogP contribution in [0.3, 0.4) is 0 Å². The molecule has 0 unspecified atom stereocenters. The maximum Gasteiger partial charge on any atom is 0.122 e. The van der Waals surface area contributed by atoms with Gasteiger partial charge in [-0.3, -0.25) is 5.10 Å². The van der Waals surface area contributed by atoms with Gasteiger partial charge in [-0.05, 0) is 59.6 Å². The van der Waals surface area contributed by atoms with Gasteiger partial charge in [-0.15, -0.1) is 0 Å². The summed E-state index contributed by atoms with van der Waals surface area (Å²) < 4.78 is 6.71. The molecule has 20 heavy (non-hydrogen) atoms. The number of hydrogen-bond acceptors (Lipinski definition) is 3. The molecule has 2 aromatic rings. The third-order valence-electron chi connectivity index (χ3n) is 3.58. The Hall–Kier alpha value is -1.33. The molecule has 0 saturated heterocycles. The van der Waals surface area contributed by atoms with Crippen molar-refractivity contribution in [3.05, 3.63) is 33.9 Å². The molecular formula is C15H18BrN3O. The highest BCUT2D eigenvalue weighted by Crippen LogP contribution is 2.33. The first-order valence-corrected chi connectivity index (χ1v) is 7.72. The van der Waals surface area contributed by atoms with Gasteiger partial charge in [0.05, 0.1) is 16.8 Å². The van der Waals surface area contributed by atoms with Crippen molar-refractivity contribution in [1.82, 2.24) is 15.5 Å². The van der Waals surface area contributed by atoms with Crippen LogP contribution >= 0.6 is 15.9 Å². The van der Waals surface area contributed by atoms with E-state index < -0.39 is 0 Å². The molecule has 0 atom stereocenters. The lowest BCUT2D eigenvalue weighted by molar-refractivity contribution is 0.288. The molecule has 0 spiro atoms. The summed E-state index contributed by atoms with van der Waals surface area (Å²) in [5.41, 5.74) is 4.52. The van der Waals surface area contributed by atoms with Crippen molar-refractivity contribution in [3.8, 4) is 17.0 Å². The Kier molecular flexibility index (Phi) is 4.08. The van der Waals surface area contributed by atoms with Crippen LogP contribution in [0.5, 0.6) is 5.75 Å². The fourth-order valence-corrected chi connectivity index (χ4v) is 3.08. The van der Waals surface area contributed by atoms with Gasteiger partial charge in [-0.25, -0.2) is 0 Å². The van der Waals surface area contributed by atoms with E-state index in [1.165, 1.54) is 5.56 Å². The summed E-state index contributed by atoms with van der Waals surface area (Å²) in [6, 6.07) is 6.32. The number of aromatic amines is 1. The van der Waals surface area contributed by atoms with Crippen LogP contribution in [-0.2, 0) is 12.8 Å². The number of ether oxygens (including phenoxy) is 1. The van der Waals surface area contributed by atoms with E-state index in [9.17, 15) is 0 Å². The van der Waals surface area contributed by atoms with Gasteiger partial charge >= 0.3 is 0 Å². The van der Waals surface area contributed by atoms with Gasteiger partial charge in [0.15, 0.2) is 0 Å². The van der Waals surface area contributed by atoms with Gasteiger partial charge in [0.2, 0.25) is 0 Å². The third-order valence-corrected chi connectivity index (χ3v) is 4.44. The maximum atomic E-state index is 5.65. The second kappa shape index (κ2) is 5.97. The normalized spacial score (nSPS) is 13.9. The molecule has 0 amide bonds. The number of fused-ring (bicyclic) bond motifs is 1. The quantitative estimate of drug-likeness (QED) is 0.903. The Morgan fingerprint density at radius 1 is 1.45 bits per heavy atom. The van der Waals surface area contributed by atoms with Crippen LogP contribution in [0.1, 0.15) is 17.7 Å². The SMILES string of the molecule is CNCCc1[nH]nc(-c2ccc3c(c2)CCCO3)c1Br. The molecule has 1 aromatic heterocycles. The second-order valence-electron chi connectivity index (χ2n) is 4.99. The molecule has 106 valence electrons. The monoisotopic (exact) mass is 335 g/mol. The zero-order valence-electron chi connectivity index (χ0n) is 11.5. The Morgan fingerprint density at radius 2 is 2.35 bits per heavy atom. The van der Waals surface area contributed by atoms with Gasteiger partial charge in [-0.1, -0.05) is 0 Å². The van der Waals surface area contributed by atoms with E-state index in [0.717, 1.165) is 59.6 Å². The number of H-pyrrole nitrogens is 1. The van der Waals surface area contributed by atoms with Crippen molar-refractivity contribution in [2.45, 2.75) is 19.3 Å². The van der Waals surface area contributed by atoms with Crippen molar-refractivity contribution >= 4 is 15.9 Å². The highest BCUT2D eigenvalue weighted by molar-refractivity contribution is 9.10. The molecule has 0 saturated carbocycles. The Morgan fingerprint density at radius 3 is 3.20 bits per heavy atom. The van der Waals surface area contributed by atoms with Crippen molar-refractivity contribution < 1.29 is 4.74 Å². The Bertz CT molecular complexity index is 609. The number of aromatic nitrogens is 2. The largest absolute Gasteiger partial charge is 0.493 e. The summed E-state index contributed by atoms with van der Waals surface area (Å²) in [6.45, 7) is 1.75. The Labute approximate surface area is 127 Å². The summed E-state index contributed by atoms with van der Waals surface area (Å²) in [7, 11) is 1.95. The standard InChI is InChI=1S/C15H18BrN3O/c1-17-7-6-12-14(16)15(19-18-12)11-4-5-13-10(9-11)3-2-8-20-13/h4-5,9,17H,2-3,6-8H2,1H3,(H,18,19). The number of aryl methyl sites for hydroxylation is 1. The minimum atomic E-state index is 0.826.